The van der Waals surface area contributed by atoms with Gasteiger partial charge in [0.25, 0.3) is 0 Å². The maximum atomic E-state index is 12.8. The Hall–Kier alpha value is -2.91. The minimum absolute atomic E-state index is 0.225. The summed E-state index contributed by atoms with van der Waals surface area (Å²) in [5.41, 5.74) is 1.21. The Kier molecular flexibility index (Phi) is 5.25. The highest BCUT2D eigenvalue weighted by Crippen LogP contribution is 2.33. The van der Waals surface area contributed by atoms with E-state index in [0.717, 1.165) is 12.8 Å². The number of ether oxygens (including phenoxy) is 2. The predicted octanol–water partition coefficient (Wildman–Crippen LogP) is 3.21. The summed E-state index contributed by atoms with van der Waals surface area (Å²) < 4.78 is 43.5. The zero-order valence-electron chi connectivity index (χ0n) is 16.2. The second kappa shape index (κ2) is 7.84. The molecule has 1 fully saturated rings. The normalized spacial score (nSPS) is 14.8. The quantitative estimate of drug-likeness (QED) is 0.610. The van der Waals surface area contributed by atoms with Crippen LogP contribution in [0.3, 0.4) is 0 Å². The van der Waals surface area contributed by atoms with Crippen molar-refractivity contribution in [3.8, 4) is 34.4 Å². The maximum absolute atomic E-state index is 12.8. The summed E-state index contributed by atoms with van der Waals surface area (Å²) in [5.74, 6) is 1.68. The summed E-state index contributed by atoms with van der Waals surface area (Å²) in [6, 6.07) is 11.9. The molecular formula is C20H21N3O5S. The molecule has 152 valence electrons. The molecule has 29 heavy (non-hydrogen) atoms. The van der Waals surface area contributed by atoms with E-state index in [0.29, 0.717) is 41.6 Å². The first-order valence-corrected chi connectivity index (χ1v) is 10.6. The fourth-order valence-corrected chi connectivity index (χ4v) is 4.86. The van der Waals surface area contributed by atoms with Gasteiger partial charge in [-0.1, -0.05) is 6.07 Å². The molecule has 3 aromatic rings. The van der Waals surface area contributed by atoms with E-state index in [1.165, 1.54) is 4.31 Å². The van der Waals surface area contributed by atoms with Crippen molar-refractivity contribution in [2.75, 3.05) is 27.3 Å². The van der Waals surface area contributed by atoms with Gasteiger partial charge in [0.1, 0.15) is 0 Å². The van der Waals surface area contributed by atoms with E-state index in [-0.39, 0.29) is 10.8 Å². The second-order valence-electron chi connectivity index (χ2n) is 6.62. The van der Waals surface area contributed by atoms with E-state index in [1.807, 2.05) is 0 Å². The maximum Gasteiger partial charge on any atom is 0.248 e. The number of hydrogen-bond acceptors (Lipinski definition) is 7. The van der Waals surface area contributed by atoms with Crippen molar-refractivity contribution in [2.24, 2.45) is 0 Å². The van der Waals surface area contributed by atoms with Crippen LogP contribution in [0.15, 0.2) is 51.8 Å². The minimum atomic E-state index is -3.52. The third-order valence-corrected chi connectivity index (χ3v) is 6.73. The molecule has 0 aliphatic carbocycles. The summed E-state index contributed by atoms with van der Waals surface area (Å²) >= 11 is 0. The van der Waals surface area contributed by atoms with Crippen molar-refractivity contribution in [2.45, 2.75) is 17.7 Å². The molecule has 2 heterocycles. The first kappa shape index (κ1) is 19.4. The molecule has 1 aromatic heterocycles. The van der Waals surface area contributed by atoms with Crippen molar-refractivity contribution in [3.63, 3.8) is 0 Å². The van der Waals surface area contributed by atoms with Crippen molar-refractivity contribution < 1.29 is 22.3 Å². The highest BCUT2D eigenvalue weighted by Gasteiger charge is 2.27. The lowest BCUT2D eigenvalue weighted by Crippen LogP contribution is -2.27. The molecule has 1 aliphatic heterocycles. The monoisotopic (exact) mass is 415 g/mol. The minimum Gasteiger partial charge on any atom is -0.493 e. The third kappa shape index (κ3) is 3.70. The van der Waals surface area contributed by atoms with Gasteiger partial charge in [-0.2, -0.15) is 4.31 Å². The fraction of sp³-hybridized carbons (Fsp3) is 0.300. The van der Waals surface area contributed by atoms with Crippen LogP contribution >= 0.6 is 0 Å². The van der Waals surface area contributed by atoms with Crippen LogP contribution in [0.5, 0.6) is 11.5 Å². The average molecular weight is 415 g/mol. The lowest BCUT2D eigenvalue weighted by Gasteiger charge is -2.15. The van der Waals surface area contributed by atoms with E-state index in [1.54, 1.807) is 56.7 Å². The van der Waals surface area contributed by atoms with Crippen molar-refractivity contribution in [1.29, 1.82) is 0 Å². The van der Waals surface area contributed by atoms with Crippen molar-refractivity contribution >= 4 is 10.0 Å². The lowest BCUT2D eigenvalue weighted by molar-refractivity contribution is 0.355. The van der Waals surface area contributed by atoms with Crippen LogP contribution in [-0.2, 0) is 10.0 Å². The fourth-order valence-electron chi connectivity index (χ4n) is 3.29. The Morgan fingerprint density at radius 2 is 1.55 bits per heavy atom. The van der Waals surface area contributed by atoms with Crippen LogP contribution in [0.2, 0.25) is 0 Å². The summed E-state index contributed by atoms with van der Waals surface area (Å²) in [6.45, 7) is 1.10. The van der Waals surface area contributed by atoms with Crippen LogP contribution in [0, 0.1) is 0 Å². The van der Waals surface area contributed by atoms with Crippen molar-refractivity contribution in [1.82, 2.24) is 14.5 Å². The van der Waals surface area contributed by atoms with E-state index < -0.39 is 10.0 Å². The summed E-state index contributed by atoms with van der Waals surface area (Å²) in [5, 5.41) is 8.17. The first-order chi connectivity index (χ1) is 14.0. The van der Waals surface area contributed by atoms with Gasteiger partial charge in [0.05, 0.1) is 19.1 Å². The predicted molar refractivity (Wildman–Crippen MR) is 106 cm³/mol. The molecular weight excluding hydrogens is 394 g/mol. The van der Waals surface area contributed by atoms with Crippen LogP contribution < -0.4 is 9.47 Å². The highest BCUT2D eigenvalue weighted by molar-refractivity contribution is 7.89. The second-order valence-corrected chi connectivity index (χ2v) is 8.56. The Morgan fingerprint density at radius 1 is 0.897 bits per heavy atom. The van der Waals surface area contributed by atoms with Gasteiger partial charge in [-0.3, -0.25) is 0 Å². The largest absolute Gasteiger partial charge is 0.493 e. The molecule has 0 bridgehead atoms. The van der Waals surface area contributed by atoms with Crippen LogP contribution in [0.25, 0.3) is 22.9 Å². The summed E-state index contributed by atoms with van der Waals surface area (Å²) in [4.78, 5) is 0.225. The number of hydrogen-bond donors (Lipinski definition) is 0. The SMILES string of the molecule is COc1ccc(-c2nnc(-c3cccc(S(=O)(=O)N4CCCC4)c3)o2)cc1OC. The number of aromatic nitrogens is 2. The molecule has 0 amide bonds. The van der Waals surface area contributed by atoms with E-state index in [9.17, 15) is 8.42 Å². The molecule has 1 aliphatic rings. The zero-order valence-corrected chi connectivity index (χ0v) is 17.0. The molecule has 0 unspecified atom stereocenters. The van der Waals surface area contributed by atoms with E-state index in [4.69, 9.17) is 13.9 Å². The highest BCUT2D eigenvalue weighted by atomic mass is 32.2. The van der Waals surface area contributed by atoms with Crippen LogP contribution in [-0.4, -0.2) is 50.2 Å². The summed E-state index contributed by atoms with van der Waals surface area (Å²) in [7, 11) is -0.408. The standard InChI is InChI=1S/C20H21N3O5S/c1-26-17-9-8-15(13-18(17)27-2)20-22-21-19(28-20)14-6-5-7-16(12-14)29(24,25)23-10-3-4-11-23/h5-9,12-13H,3-4,10-11H2,1-2H3. The van der Waals surface area contributed by atoms with Crippen LogP contribution in [0.1, 0.15) is 12.8 Å². The molecule has 0 atom stereocenters. The van der Waals surface area contributed by atoms with E-state index in [2.05, 4.69) is 10.2 Å². The number of sulfonamides is 1. The third-order valence-electron chi connectivity index (χ3n) is 4.84. The first-order valence-electron chi connectivity index (χ1n) is 9.19. The molecule has 2 aromatic carbocycles. The number of benzene rings is 2. The van der Waals surface area contributed by atoms with Gasteiger partial charge in [0.15, 0.2) is 11.5 Å². The molecule has 0 N–H and O–H groups in total. The number of nitrogens with zero attached hydrogens (tertiary/aromatic N) is 3. The molecule has 0 saturated carbocycles. The van der Waals surface area contributed by atoms with Gasteiger partial charge in [-0.05, 0) is 49.2 Å². The summed E-state index contributed by atoms with van der Waals surface area (Å²) in [6.07, 6.45) is 1.77. The van der Waals surface area contributed by atoms with Gasteiger partial charge >= 0.3 is 0 Å². The molecule has 4 rings (SSSR count). The average Bonchev–Trinajstić information content (AvgIpc) is 3.46. The van der Waals surface area contributed by atoms with Crippen molar-refractivity contribution in [3.05, 3.63) is 42.5 Å². The Balaban J connectivity index is 1.65. The molecule has 1 saturated heterocycles. The molecule has 8 nitrogen and oxygen atoms in total. The number of rotatable bonds is 6. The Morgan fingerprint density at radius 3 is 2.21 bits per heavy atom. The number of methoxy groups -OCH3 is 2. The lowest BCUT2D eigenvalue weighted by atomic mass is 10.2. The smallest absolute Gasteiger partial charge is 0.248 e. The van der Waals surface area contributed by atoms with Gasteiger partial charge in [-0.15, -0.1) is 10.2 Å². The van der Waals surface area contributed by atoms with Gasteiger partial charge in [0, 0.05) is 24.2 Å². The van der Waals surface area contributed by atoms with Gasteiger partial charge in [-0.25, -0.2) is 8.42 Å². The van der Waals surface area contributed by atoms with Gasteiger partial charge < -0.3 is 13.9 Å². The van der Waals surface area contributed by atoms with Crippen LogP contribution in [0.4, 0.5) is 0 Å². The molecule has 9 heteroatoms. The molecule has 0 radical (unpaired) electrons. The van der Waals surface area contributed by atoms with E-state index >= 15 is 0 Å². The molecule has 0 spiro atoms. The Bertz CT molecular complexity index is 1120. The van der Waals surface area contributed by atoms with Gasteiger partial charge in [0.2, 0.25) is 21.8 Å². The Labute approximate surface area is 169 Å². The topological polar surface area (TPSA) is 94.8 Å². The zero-order chi connectivity index (χ0) is 20.4.